The molecule has 1 unspecified atom stereocenters. The van der Waals surface area contributed by atoms with Gasteiger partial charge in [0, 0.05) is 24.8 Å². The van der Waals surface area contributed by atoms with Crippen molar-refractivity contribution in [3.63, 3.8) is 0 Å². The van der Waals surface area contributed by atoms with Gasteiger partial charge in [-0.2, -0.15) is 0 Å². The van der Waals surface area contributed by atoms with Gasteiger partial charge in [-0.25, -0.2) is 13.2 Å². The predicted octanol–water partition coefficient (Wildman–Crippen LogP) is 3.92. The lowest BCUT2D eigenvalue weighted by molar-refractivity contribution is 0.0490. The lowest BCUT2D eigenvalue weighted by Gasteiger charge is -2.38. The number of hydrogen-bond donors (Lipinski definition) is 1. The fourth-order valence-electron chi connectivity index (χ4n) is 5.11. The fraction of sp³-hybridized carbons (Fsp3) is 0.462. The molecule has 1 aliphatic carbocycles. The number of carbonyl (C=O) groups is 2. The van der Waals surface area contributed by atoms with Crippen molar-refractivity contribution in [2.45, 2.75) is 49.5 Å². The summed E-state index contributed by atoms with van der Waals surface area (Å²) in [7, 11) is -4.05. The van der Waals surface area contributed by atoms with Crippen LogP contribution in [0.1, 0.15) is 58.4 Å². The Labute approximate surface area is 204 Å². The van der Waals surface area contributed by atoms with Crippen molar-refractivity contribution in [1.29, 1.82) is 0 Å². The van der Waals surface area contributed by atoms with Crippen LogP contribution in [0.25, 0.3) is 0 Å². The van der Waals surface area contributed by atoms with Crippen molar-refractivity contribution in [2.75, 3.05) is 24.1 Å². The molecule has 1 saturated heterocycles. The zero-order valence-electron chi connectivity index (χ0n) is 19.4. The number of fused-ring (bicyclic) bond motifs is 1. The Kier molecular flexibility index (Phi) is 6.55. The van der Waals surface area contributed by atoms with Gasteiger partial charge < -0.3 is 14.6 Å². The van der Waals surface area contributed by atoms with Gasteiger partial charge in [0.1, 0.15) is 17.6 Å². The number of carboxylic acid groups (broad SMARTS) is 1. The minimum absolute atomic E-state index is 0.0775. The average Bonchev–Trinajstić information content (AvgIpc) is 3.72. The van der Waals surface area contributed by atoms with Crippen molar-refractivity contribution in [3.8, 4) is 5.75 Å². The van der Waals surface area contributed by atoms with Crippen molar-refractivity contribution in [1.82, 2.24) is 0 Å². The third-order valence-electron chi connectivity index (χ3n) is 7.21. The van der Waals surface area contributed by atoms with E-state index >= 15 is 0 Å². The Morgan fingerprint density at radius 3 is 2.54 bits per heavy atom. The molecule has 0 bridgehead atoms. The monoisotopic (exact) mass is 499 g/mol. The molecule has 1 N–H and O–H groups in total. The van der Waals surface area contributed by atoms with E-state index in [2.05, 4.69) is 0 Å². The van der Waals surface area contributed by atoms with E-state index in [-0.39, 0.29) is 34.1 Å². The zero-order chi connectivity index (χ0) is 24.6. The molecule has 2 aromatic carbocycles. The van der Waals surface area contributed by atoms with Crippen LogP contribution in [0.3, 0.4) is 0 Å². The number of rotatable bonds is 8. The van der Waals surface area contributed by atoms with Crippen LogP contribution in [0.2, 0.25) is 0 Å². The number of aromatic carboxylic acids is 1. The molecule has 3 aliphatic rings. The van der Waals surface area contributed by atoms with E-state index in [0.717, 1.165) is 37.5 Å². The highest BCUT2D eigenvalue weighted by molar-refractivity contribution is 7.92. The zero-order valence-corrected chi connectivity index (χ0v) is 20.2. The van der Waals surface area contributed by atoms with E-state index in [1.54, 1.807) is 18.2 Å². The Morgan fingerprint density at radius 1 is 1.09 bits per heavy atom. The minimum atomic E-state index is -4.05. The summed E-state index contributed by atoms with van der Waals surface area (Å²) in [5.41, 5.74) is 1.71. The molecular weight excluding hydrogens is 470 g/mol. The molecule has 35 heavy (non-hydrogen) atoms. The summed E-state index contributed by atoms with van der Waals surface area (Å²) in [4.78, 5) is 23.2. The first-order valence-corrected chi connectivity index (χ1v) is 13.5. The van der Waals surface area contributed by atoms with Gasteiger partial charge in [-0.05, 0) is 92.3 Å². The highest BCUT2D eigenvalue weighted by atomic mass is 32.2. The maximum absolute atomic E-state index is 13.9. The highest BCUT2D eigenvalue weighted by Crippen LogP contribution is 2.45. The quantitative estimate of drug-likeness (QED) is 0.548. The molecule has 2 fully saturated rings. The van der Waals surface area contributed by atoms with E-state index in [1.807, 2.05) is 0 Å². The Morgan fingerprint density at radius 2 is 1.86 bits per heavy atom. The topological polar surface area (TPSA) is 110 Å². The SMILES string of the molecule is O=Cc1ccc2c(c1)CCC(C1CC1)N2S(=O)(=O)c1ccc(OCC2CCOCC2)c(C(=O)O)c1. The Balaban J connectivity index is 1.48. The van der Waals surface area contributed by atoms with Crippen LogP contribution < -0.4 is 9.04 Å². The molecule has 9 heteroatoms. The van der Waals surface area contributed by atoms with E-state index in [0.29, 0.717) is 43.9 Å². The Bertz CT molecular complexity index is 1230. The van der Waals surface area contributed by atoms with Gasteiger partial charge >= 0.3 is 5.97 Å². The molecule has 0 aromatic heterocycles. The summed E-state index contributed by atoms with van der Waals surface area (Å²) in [5, 5.41) is 9.83. The highest BCUT2D eigenvalue weighted by Gasteiger charge is 2.44. The molecular formula is C26H29NO7S. The molecule has 0 spiro atoms. The number of carbonyl (C=O) groups excluding carboxylic acids is 1. The van der Waals surface area contributed by atoms with Crippen LogP contribution in [0.15, 0.2) is 41.3 Å². The number of aryl methyl sites for hydroxylation is 1. The van der Waals surface area contributed by atoms with Crippen LogP contribution in [-0.2, 0) is 21.2 Å². The maximum atomic E-state index is 13.9. The average molecular weight is 500 g/mol. The van der Waals surface area contributed by atoms with E-state index in [4.69, 9.17) is 9.47 Å². The van der Waals surface area contributed by atoms with Crippen molar-refractivity contribution in [2.24, 2.45) is 11.8 Å². The van der Waals surface area contributed by atoms with E-state index < -0.39 is 16.0 Å². The Hall–Kier alpha value is -2.91. The molecule has 0 amide bonds. The molecule has 8 nitrogen and oxygen atoms in total. The fourth-order valence-corrected chi connectivity index (χ4v) is 6.91. The summed E-state index contributed by atoms with van der Waals surface area (Å²) >= 11 is 0. The normalized spacial score (nSPS) is 20.8. The number of ether oxygens (including phenoxy) is 2. The molecule has 2 heterocycles. The van der Waals surface area contributed by atoms with Gasteiger partial charge in [0.2, 0.25) is 0 Å². The second-order valence-corrected chi connectivity index (χ2v) is 11.4. The lowest BCUT2D eigenvalue weighted by atomic mass is 9.94. The van der Waals surface area contributed by atoms with Crippen LogP contribution in [0.4, 0.5) is 5.69 Å². The number of anilines is 1. The largest absolute Gasteiger partial charge is 0.492 e. The first-order chi connectivity index (χ1) is 16.9. The van der Waals surface area contributed by atoms with Gasteiger partial charge in [0.15, 0.2) is 0 Å². The smallest absolute Gasteiger partial charge is 0.339 e. The van der Waals surface area contributed by atoms with Gasteiger partial charge in [-0.15, -0.1) is 0 Å². The van der Waals surface area contributed by atoms with E-state index in [1.165, 1.54) is 22.5 Å². The van der Waals surface area contributed by atoms with Gasteiger partial charge in [-0.1, -0.05) is 0 Å². The van der Waals surface area contributed by atoms with Gasteiger partial charge in [0.25, 0.3) is 10.0 Å². The van der Waals surface area contributed by atoms with Gasteiger partial charge in [0.05, 0.1) is 17.2 Å². The lowest BCUT2D eigenvalue weighted by Crippen LogP contribution is -2.45. The summed E-state index contributed by atoms with van der Waals surface area (Å²) < 4.78 is 40.5. The summed E-state index contributed by atoms with van der Waals surface area (Å²) in [6.07, 6.45) is 5.75. The number of sulfonamides is 1. The van der Waals surface area contributed by atoms with Crippen LogP contribution in [-0.4, -0.2) is 51.6 Å². The van der Waals surface area contributed by atoms with Crippen LogP contribution in [0, 0.1) is 11.8 Å². The number of carboxylic acids is 1. The van der Waals surface area contributed by atoms with E-state index in [9.17, 15) is 23.1 Å². The van der Waals surface area contributed by atoms with Crippen molar-refractivity contribution >= 4 is 28.0 Å². The molecule has 2 aromatic rings. The third-order valence-corrected chi connectivity index (χ3v) is 9.04. The van der Waals surface area contributed by atoms with Gasteiger partial charge in [-0.3, -0.25) is 9.10 Å². The maximum Gasteiger partial charge on any atom is 0.339 e. The van der Waals surface area contributed by atoms with Crippen LogP contribution in [0.5, 0.6) is 5.75 Å². The molecule has 2 aliphatic heterocycles. The minimum Gasteiger partial charge on any atom is -0.492 e. The number of benzene rings is 2. The summed E-state index contributed by atoms with van der Waals surface area (Å²) in [6, 6.07) is 8.95. The predicted molar refractivity (Wildman–Crippen MR) is 129 cm³/mol. The molecule has 1 atom stereocenters. The first kappa shape index (κ1) is 23.8. The van der Waals surface area contributed by atoms with Crippen LogP contribution >= 0.6 is 0 Å². The standard InChI is InChI=1S/C26H29NO7S/c28-15-18-1-6-24-20(13-18)4-7-23(19-2-3-19)27(24)35(31,32)21-5-8-25(22(14-21)26(29)30)34-16-17-9-11-33-12-10-17/h1,5-6,8,13-15,17,19,23H,2-4,7,9-12,16H2,(H,29,30). The summed E-state index contributed by atoms with van der Waals surface area (Å²) in [6.45, 7) is 1.67. The first-order valence-electron chi connectivity index (χ1n) is 12.1. The second kappa shape index (κ2) is 9.62. The third kappa shape index (κ3) is 4.79. The molecule has 186 valence electrons. The number of aldehydes is 1. The molecule has 0 radical (unpaired) electrons. The van der Waals surface area contributed by atoms with Crippen molar-refractivity contribution in [3.05, 3.63) is 53.1 Å². The number of nitrogens with zero attached hydrogens (tertiary/aromatic N) is 1. The second-order valence-electron chi connectivity index (χ2n) is 9.58. The number of hydrogen-bond acceptors (Lipinski definition) is 6. The summed E-state index contributed by atoms with van der Waals surface area (Å²) in [5.74, 6) is -0.521. The molecule has 5 rings (SSSR count). The van der Waals surface area contributed by atoms with Crippen molar-refractivity contribution < 1.29 is 32.6 Å². The molecule has 1 saturated carbocycles.